The lowest BCUT2D eigenvalue weighted by atomic mass is 10.1. The fourth-order valence-electron chi connectivity index (χ4n) is 4.52. The molecule has 4 aromatic rings. The molecule has 182 valence electrons. The van der Waals surface area contributed by atoms with E-state index in [9.17, 15) is 4.79 Å². The molecule has 0 aliphatic carbocycles. The third kappa shape index (κ3) is 5.82. The Hall–Kier alpha value is -3.40. The van der Waals surface area contributed by atoms with Crippen molar-refractivity contribution in [2.75, 3.05) is 39.4 Å². The number of H-pyrrole nitrogens is 1. The van der Waals surface area contributed by atoms with E-state index in [1.807, 2.05) is 54.1 Å². The molecule has 0 atom stereocenters. The van der Waals surface area contributed by atoms with Gasteiger partial charge < -0.3 is 9.72 Å². The lowest BCUT2D eigenvalue weighted by Crippen LogP contribution is -2.41. The number of aryl methyl sites for hydroxylation is 1. The summed E-state index contributed by atoms with van der Waals surface area (Å²) in [6.45, 7) is 8.76. The zero-order chi connectivity index (χ0) is 24.0. The second-order valence-corrected chi connectivity index (χ2v) is 9.07. The zero-order valence-electron chi connectivity index (χ0n) is 20.1. The maximum absolute atomic E-state index is 13.0. The van der Waals surface area contributed by atoms with Crippen molar-refractivity contribution in [3.63, 3.8) is 0 Å². The van der Waals surface area contributed by atoms with Crippen LogP contribution < -0.4 is 5.56 Å². The van der Waals surface area contributed by atoms with E-state index < -0.39 is 0 Å². The number of pyridine rings is 1. The van der Waals surface area contributed by atoms with Crippen molar-refractivity contribution in [1.82, 2.24) is 35.0 Å². The first-order valence-corrected chi connectivity index (χ1v) is 12.1. The number of rotatable bonds is 9. The van der Waals surface area contributed by atoms with Gasteiger partial charge in [0, 0.05) is 38.3 Å². The predicted octanol–water partition coefficient (Wildman–Crippen LogP) is 2.21. The van der Waals surface area contributed by atoms with Crippen LogP contribution in [0.5, 0.6) is 0 Å². The van der Waals surface area contributed by atoms with Crippen molar-refractivity contribution in [1.29, 1.82) is 0 Å². The minimum atomic E-state index is -0.0490. The molecule has 0 amide bonds. The summed E-state index contributed by atoms with van der Waals surface area (Å²) in [4.78, 5) is 20.7. The first-order chi connectivity index (χ1) is 17.2. The molecule has 5 rings (SSSR count). The number of aromatic amines is 1. The summed E-state index contributed by atoms with van der Waals surface area (Å²) in [5, 5.41) is 13.5. The number of nitrogens with zero attached hydrogens (tertiary/aromatic N) is 6. The van der Waals surface area contributed by atoms with E-state index in [4.69, 9.17) is 4.74 Å². The zero-order valence-corrected chi connectivity index (χ0v) is 20.1. The fourth-order valence-corrected chi connectivity index (χ4v) is 4.52. The number of aromatic nitrogens is 5. The summed E-state index contributed by atoms with van der Waals surface area (Å²) < 4.78 is 7.33. The molecule has 9 nitrogen and oxygen atoms in total. The van der Waals surface area contributed by atoms with Gasteiger partial charge in [0.15, 0.2) is 5.82 Å². The summed E-state index contributed by atoms with van der Waals surface area (Å²) >= 11 is 0. The lowest BCUT2D eigenvalue weighted by Gasteiger charge is -2.29. The summed E-state index contributed by atoms with van der Waals surface area (Å²) in [5.41, 5.74) is 3.80. The van der Waals surface area contributed by atoms with Crippen molar-refractivity contribution in [2.45, 2.75) is 26.6 Å². The number of hydrogen-bond donors (Lipinski definition) is 1. The number of benzene rings is 2. The fraction of sp³-hybridized carbons (Fsp3) is 0.385. The average molecular weight is 474 g/mol. The van der Waals surface area contributed by atoms with E-state index in [-0.39, 0.29) is 5.56 Å². The molecule has 0 saturated carbocycles. The van der Waals surface area contributed by atoms with Crippen LogP contribution in [0.1, 0.15) is 22.5 Å². The molecule has 1 aliphatic rings. The summed E-state index contributed by atoms with van der Waals surface area (Å²) in [6, 6.07) is 18.3. The van der Waals surface area contributed by atoms with Crippen LogP contribution in [0, 0.1) is 6.92 Å². The predicted molar refractivity (Wildman–Crippen MR) is 134 cm³/mol. The molecule has 1 saturated heterocycles. The topological polar surface area (TPSA) is 92.2 Å². The van der Waals surface area contributed by atoms with Gasteiger partial charge in [-0.15, -0.1) is 5.10 Å². The van der Waals surface area contributed by atoms with Gasteiger partial charge in [0.1, 0.15) is 0 Å². The monoisotopic (exact) mass is 473 g/mol. The molecule has 1 fully saturated rings. The second kappa shape index (κ2) is 10.9. The molecule has 2 aromatic heterocycles. The van der Waals surface area contributed by atoms with Crippen LogP contribution in [0.4, 0.5) is 0 Å². The van der Waals surface area contributed by atoms with Gasteiger partial charge in [-0.1, -0.05) is 48.5 Å². The van der Waals surface area contributed by atoms with Crippen LogP contribution in [0.15, 0.2) is 59.4 Å². The lowest BCUT2D eigenvalue weighted by molar-refractivity contribution is 0.0322. The maximum Gasteiger partial charge on any atom is 0.252 e. The van der Waals surface area contributed by atoms with E-state index in [1.165, 1.54) is 0 Å². The Bertz CT molecular complexity index is 1310. The number of morpholine rings is 1. The SMILES string of the molecule is Cc1cccc2cc(CN(CCN3CCOCC3)Cc3nnnn3Cc3ccccc3)c(=O)[nH]c12. The van der Waals surface area contributed by atoms with Gasteiger partial charge in [-0.2, -0.15) is 0 Å². The molecule has 1 N–H and O–H groups in total. The van der Waals surface area contributed by atoms with Crippen molar-refractivity contribution in [3.8, 4) is 0 Å². The molecule has 3 heterocycles. The number of nitrogens with one attached hydrogen (secondary N) is 1. The van der Waals surface area contributed by atoms with E-state index in [1.54, 1.807) is 0 Å². The Balaban J connectivity index is 1.37. The maximum atomic E-state index is 13.0. The van der Waals surface area contributed by atoms with Crippen molar-refractivity contribution in [3.05, 3.63) is 87.5 Å². The highest BCUT2D eigenvalue weighted by Crippen LogP contribution is 2.16. The normalized spacial score (nSPS) is 14.7. The highest BCUT2D eigenvalue weighted by atomic mass is 16.5. The van der Waals surface area contributed by atoms with E-state index in [2.05, 4.69) is 42.4 Å². The van der Waals surface area contributed by atoms with Crippen molar-refractivity contribution < 1.29 is 4.74 Å². The van der Waals surface area contributed by atoms with Gasteiger partial charge in [-0.05, 0) is 39.9 Å². The highest BCUT2D eigenvalue weighted by Gasteiger charge is 2.18. The van der Waals surface area contributed by atoms with E-state index in [0.29, 0.717) is 19.6 Å². The average Bonchev–Trinajstić information content (AvgIpc) is 3.31. The Labute approximate surface area is 204 Å². The van der Waals surface area contributed by atoms with E-state index >= 15 is 0 Å². The second-order valence-electron chi connectivity index (χ2n) is 9.07. The van der Waals surface area contributed by atoms with Crippen LogP contribution in [0.3, 0.4) is 0 Å². The quantitative estimate of drug-likeness (QED) is 0.398. The van der Waals surface area contributed by atoms with Gasteiger partial charge >= 0.3 is 0 Å². The Kier molecular flexibility index (Phi) is 7.27. The molecule has 0 bridgehead atoms. The number of tetrazole rings is 1. The number of hydrogen-bond acceptors (Lipinski definition) is 7. The smallest absolute Gasteiger partial charge is 0.252 e. The van der Waals surface area contributed by atoms with Crippen LogP contribution in [0.2, 0.25) is 0 Å². The molecular formula is C26H31N7O2. The Morgan fingerprint density at radius 2 is 1.89 bits per heavy atom. The van der Waals surface area contributed by atoms with Crippen LogP contribution in [0.25, 0.3) is 10.9 Å². The number of para-hydroxylation sites is 1. The third-order valence-corrected chi connectivity index (χ3v) is 6.54. The molecule has 0 radical (unpaired) electrons. The number of fused-ring (bicyclic) bond motifs is 1. The first kappa shape index (κ1) is 23.3. The Morgan fingerprint density at radius 3 is 2.71 bits per heavy atom. The molecular weight excluding hydrogens is 442 g/mol. The van der Waals surface area contributed by atoms with Gasteiger partial charge in [0.25, 0.3) is 5.56 Å². The third-order valence-electron chi connectivity index (χ3n) is 6.54. The van der Waals surface area contributed by atoms with Crippen LogP contribution in [-0.4, -0.2) is 74.4 Å². The molecule has 0 spiro atoms. The van der Waals surface area contributed by atoms with Gasteiger partial charge in [0.2, 0.25) is 0 Å². The minimum absolute atomic E-state index is 0.0490. The van der Waals surface area contributed by atoms with Gasteiger partial charge in [-0.25, -0.2) is 4.68 Å². The van der Waals surface area contributed by atoms with Gasteiger partial charge in [0.05, 0.1) is 31.8 Å². The summed E-state index contributed by atoms with van der Waals surface area (Å²) in [5.74, 6) is 0.781. The molecule has 1 aliphatic heterocycles. The number of ether oxygens (including phenoxy) is 1. The Morgan fingerprint density at radius 1 is 1.06 bits per heavy atom. The van der Waals surface area contributed by atoms with Crippen molar-refractivity contribution in [2.24, 2.45) is 0 Å². The summed E-state index contributed by atoms with van der Waals surface area (Å²) in [7, 11) is 0. The first-order valence-electron chi connectivity index (χ1n) is 12.1. The van der Waals surface area contributed by atoms with Gasteiger partial charge in [-0.3, -0.25) is 14.6 Å². The highest BCUT2D eigenvalue weighted by molar-refractivity contribution is 5.81. The van der Waals surface area contributed by atoms with Crippen LogP contribution in [-0.2, 0) is 24.4 Å². The summed E-state index contributed by atoms with van der Waals surface area (Å²) in [6.07, 6.45) is 0. The molecule has 9 heteroatoms. The molecule has 35 heavy (non-hydrogen) atoms. The van der Waals surface area contributed by atoms with E-state index in [0.717, 1.165) is 72.8 Å². The minimum Gasteiger partial charge on any atom is -0.379 e. The standard InChI is InChI=1S/C26H31N7O2/c1-20-6-5-9-22-16-23(26(34)27-25(20)22)18-32(11-10-31-12-14-35-15-13-31)19-24-28-29-30-33(24)17-21-7-3-2-4-8-21/h2-9,16H,10-15,17-19H2,1H3,(H,27,34). The molecule has 2 aromatic carbocycles. The van der Waals surface area contributed by atoms with Crippen molar-refractivity contribution >= 4 is 10.9 Å². The molecule has 0 unspecified atom stereocenters. The largest absolute Gasteiger partial charge is 0.379 e. The van der Waals surface area contributed by atoms with Crippen LogP contribution >= 0.6 is 0 Å².